The summed E-state index contributed by atoms with van der Waals surface area (Å²) in [6, 6.07) is 6.33. The number of carbonyl (C=O) groups is 1. The first kappa shape index (κ1) is 11.6. The lowest BCUT2D eigenvalue weighted by molar-refractivity contribution is -0.803. The summed E-state index contributed by atoms with van der Waals surface area (Å²) in [5.74, 6) is 0.734. The lowest BCUT2D eigenvalue weighted by atomic mass is 10.2. The van der Waals surface area contributed by atoms with Crippen LogP contribution in [0.3, 0.4) is 0 Å². The zero-order valence-electron chi connectivity index (χ0n) is 9.60. The van der Waals surface area contributed by atoms with E-state index in [1.807, 2.05) is 0 Å². The molecule has 0 radical (unpaired) electrons. The van der Waals surface area contributed by atoms with Crippen LogP contribution in [0.4, 0.5) is 0 Å². The number of carbonyl (C=O) groups excluding carboxylic acids is 1. The first-order chi connectivity index (χ1) is 8.13. The monoisotopic (exact) mass is 235 g/mol. The van der Waals surface area contributed by atoms with E-state index < -0.39 is 6.04 Å². The minimum absolute atomic E-state index is 0.0759. The molecule has 5 nitrogen and oxygen atoms in total. The van der Waals surface area contributed by atoms with Crippen LogP contribution in [-0.2, 0) is 4.79 Å². The van der Waals surface area contributed by atoms with E-state index in [0.717, 1.165) is 0 Å². The van der Waals surface area contributed by atoms with Gasteiger partial charge in [0, 0.05) is 0 Å². The number of nitrogens with one attached hydrogen (secondary N) is 1. The number of ether oxygens (including phenoxy) is 2. The Morgan fingerprint density at radius 3 is 2.47 bits per heavy atom. The molecule has 5 heteroatoms. The summed E-state index contributed by atoms with van der Waals surface area (Å²) in [6.07, 6.45) is 1.24. The van der Waals surface area contributed by atoms with Crippen LogP contribution in [-0.4, -0.2) is 18.9 Å². The van der Waals surface area contributed by atoms with Gasteiger partial charge in [0.1, 0.15) is 6.20 Å². The normalized spacial score (nSPS) is 23.5. The van der Waals surface area contributed by atoms with Gasteiger partial charge in [0.15, 0.2) is 17.5 Å². The number of hydrogen-bond acceptors (Lipinski definition) is 4. The van der Waals surface area contributed by atoms with Gasteiger partial charge in [-0.05, 0) is 19.1 Å². The Kier molecular flexibility index (Phi) is 3.12. The summed E-state index contributed by atoms with van der Waals surface area (Å²) in [6.45, 7) is 1.57. The van der Waals surface area contributed by atoms with Crippen LogP contribution in [0.5, 0.6) is 11.5 Å². The van der Waals surface area contributed by atoms with E-state index in [-0.39, 0.29) is 16.6 Å². The number of hydroxylamine groups is 2. The molecule has 1 aliphatic heterocycles. The SMILES string of the molecule is COc1ccccc1OC1=C[NH+]([O-])C(C)C1=O. The molecule has 1 heterocycles. The highest BCUT2D eigenvalue weighted by atomic mass is 16.5. The summed E-state index contributed by atoms with van der Waals surface area (Å²) in [4.78, 5) is 11.7. The van der Waals surface area contributed by atoms with Crippen LogP contribution < -0.4 is 14.5 Å². The first-order valence-electron chi connectivity index (χ1n) is 5.24. The number of ketones is 1. The molecule has 0 saturated carbocycles. The molecular formula is C12H13NO4. The molecule has 17 heavy (non-hydrogen) atoms. The van der Waals surface area contributed by atoms with Crippen molar-refractivity contribution in [2.45, 2.75) is 13.0 Å². The van der Waals surface area contributed by atoms with Crippen molar-refractivity contribution in [2.75, 3.05) is 7.11 Å². The average molecular weight is 235 g/mol. The zero-order valence-corrected chi connectivity index (χ0v) is 9.60. The van der Waals surface area contributed by atoms with E-state index in [9.17, 15) is 10.0 Å². The second-order valence-electron chi connectivity index (χ2n) is 3.75. The van der Waals surface area contributed by atoms with E-state index in [2.05, 4.69) is 0 Å². The smallest absolute Gasteiger partial charge is 0.260 e. The molecule has 1 N–H and O–H groups in total. The summed E-state index contributed by atoms with van der Waals surface area (Å²) < 4.78 is 10.5. The van der Waals surface area contributed by atoms with E-state index in [1.54, 1.807) is 31.2 Å². The molecule has 1 aromatic rings. The van der Waals surface area contributed by atoms with Gasteiger partial charge in [0.05, 0.1) is 7.11 Å². The van der Waals surface area contributed by atoms with Crippen molar-refractivity contribution in [3.8, 4) is 11.5 Å². The molecule has 1 aliphatic rings. The molecule has 2 rings (SSSR count). The minimum Gasteiger partial charge on any atom is -0.629 e. The molecule has 0 aromatic heterocycles. The van der Waals surface area contributed by atoms with Crippen molar-refractivity contribution in [3.05, 3.63) is 41.4 Å². The molecule has 0 fully saturated rings. The topological polar surface area (TPSA) is 63.0 Å². The largest absolute Gasteiger partial charge is 0.629 e. The summed E-state index contributed by atoms with van der Waals surface area (Å²) in [7, 11) is 1.51. The third-order valence-corrected chi connectivity index (χ3v) is 2.63. The van der Waals surface area contributed by atoms with Gasteiger partial charge < -0.3 is 19.7 Å². The van der Waals surface area contributed by atoms with Crippen molar-refractivity contribution in [3.63, 3.8) is 0 Å². The number of benzene rings is 1. The summed E-state index contributed by atoms with van der Waals surface area (Å²) >= 11 is 0. The second-order valence-corrected chi connectivity index (χ2v) is 3.75. The number of para-hydroxylation sites is 2. The summed E-state index contributed by atoms with van der Waals surface area (Å²) in [5.41, 5.74) is 0. The van der Waals surface area contributed by atoms with E-state index >= 15 is 0 Å². The molecule has 0 spiro atoms. The Morgan fingerprint density at radius 2 is 1.94 bits per heavy atom. The van der Waals surface area contributed by atoms with Crippen molar-refractivity contribution in [1.82, 2.24) is 0 Å². The fraction of sp³-hybridized carbons (Fsp3) is 0.250. The molecule has 1 aromatic carbocycles. The van der Waals surface area contributed by atoms with Crippen LogP contribution in [0.1, 0.15) is 6.92 Å². The maximum Gasteiger partial charge on any atom is 0.260 e. The van der Waals surface area contributed by atoms with Gasteiger partial charge in [-0.25, -0.2) is 0 Å². The van der Waals surface area contributed by atoms with E-state index in [0.29, 0.717) is 11.5 Å². The van der Waals surface area contributed by atoms with Gasteiger partial charge in [-0.3, -0.25) is 4.79 Å². The number of hydrogen-bond donors (Lipinski definition) is 1. The number of Topliss-reactive ketones (excluding diaryl/α,β-unsaturated/α-hetero) is 1. The third-order valence-electron chi connectivity index (χ3n) is 2.63. The highest BCUT2D eigenvalue weighted by molar-refractivity contribution is 5.98. The highest BCUT2D eigenvalue weighted by Crippen LogP contribution is 2.28. The van der Waals surface area contributed by atoms with Crippen LogP contribution >= 0.6 is 0 Å². The fourth-order valence-electron chi connectivity index (χ4n) is 1.57. The lowest BCUT2D eigenvalue weighted by Crippen LogP contribution is -3.05. The van der Waals surface area contributed by atoms with Crippen LogP contribution in [0.25, 0.3) is 0 Å². The predicted molar refractivity (Wildman–Crippen MR) is 60.5 cm³/mol. The molecule has 0 saturated heterocycles. The molecule has 90 valence electrons. The Hall–Kier alpha value is -1.85. The van der Waals surface area contributed by atoms with Crippen molar-refractivity contribution in [1.29, 1.82) is 0 Å². The van der Waals surface area contributed by atoms with Crippen molar-refractivity contribution in [2.24, 2.45) is 0 Å². The summed E-state index contributed by atoms with van der Waals surface area (Å²) in [5, 5.41) is 11.1. The van der Waals surface area contributed by atoms with Crippen molar-refractivity contribution < 1.29 is 19.3 Å². The van der Waals surface area contributed by atoms with Gasteiger partial charge in [-0.1, -0.05) is 12.1 Å². The molecule has 2 atom stereocenters. The molecule has 0 aliphatic carbocycles. The standard InChI is InChI=1S/C12H13NO4/c1-8-12(14)11(7-13(8)15)17-10-6-4-3-5-9(10)16-2/h3-8,13H,1-2H3. The van der Waals surface area contributed by atoms with Gasteiger partial charge in [-0.2, -0.15) is 0 Å². The number of rotatable bonds is 3. The Labute approximate surface area is 98.8 Å². The van der Waals surface area contributed by atoms with E-state index in [1.165, 1.54) is 13.3 Å². The third kappa shape index (κ3) is 2.15. The van der Waals surface area contributed by atoms with Gasteiger partial charge in [0.25, 0.3) is 5.78 Å². The lowest BCUT2D eigenvalue weighted by Gasteiger charge is -2.15. The zero-order chi connectivity index (χ0) is 12.4. The average Bonchev–Trinajstić information content (AvgIpc) is 2.58. The van der Waals surface area contributed by atoms with Gasteiger partial charge in [-0.15, -0.1) is 0 Å². The quantitative estimate of drug-likeness (QED) is 0.764. The molecular weight excluding hydrogens is 222 g/mol. The fourth-order valence-corrected chi connectivity index (χ4v) is 1.57. The maximum atomic E-state index is 11.7. The maximum absolute atomic E-state index is 11.7. The number of quaternary nitrogens is 1. The molecule has 2 unspecified atom stereocenters. The minimum atomic E-state index is -0.639. The second kappa shape index (κ2) is 4.57. The Bertz CT molecular complexity index is 469. The Balaban J connectivity index is 2.22. The van der Waals surface area contributed by atoms with Crippen LogP contribution in [0.2, 0.25) is 0 Å². The highest BCUT2D eigenvalue weighted by Gasteiger charge is 2.33. The molecule has 0 amide bonds. The van der Waals surface area contributed by atoms with E-state index in [4.69, 9.17) is 9.47 Å². The molecule has 0 bridgehead atoms. The first-order valence-corrected chi connectivity index (χ1v) is 5.24. The predicted octanol–water partition coefficient (Wildman–Crippen LogP) is 0.269. The Morgan fingerprint density at radius 1 is 1.29 bits per heavy atom. The number of methoxy groups -OCH3 is 1. The van der Waals surface area contributed by atoms with Gasteiger partial charge >= 0.3 is 0 Å². The van der Waals surface area contributed by atoms with Crippen molar-refractivity contribution >= 4 is 5.78 Å². The van der Waals surface area contributed by atoms with Gasteiger partial charge in [0.2, 0.25) is 5.76 Å². The van der Waals surface area contributed by atoms with Crippen LogP contribution in [0.15, 0.2) is 36.2 Å². The van der Waals surface area contributed by atoms with Crippen LogP contribution in [0, 0.1) is 5.21 Å².